The zero-order valence-electron chi connectivity index (χ0n) is 34.8. The number of quaternary nitrogens is 1. The van der Waals surface area contributed by atoms with Gasteiger partial charge < -0.3 is 18.9 Å². The van der Waals surface area contributed by atoms with E-state index in [1.165, 1.54) is 141 Å². The van der Waals surface area contributed by atoms with Crippen LogP contribution in [-0.4, -0.2) is 74.9 Å². The van der Waals surface area contributed by atoms with Gasteiger partial charge >= 0.3 is 19.8 Å². The molecule has 1 unspecified atom stereocenters. The van der Waals surface area contributed by atoms with Crippen LogP contribution in [0.1, 0.15) is 206 Å². The van der Waals surface area contributed by atoms with Crippen molar-refractivity contribution in [3.8, 4) is 0 Å². The second kappa shape index (κ2) is 35.7. The number of nitrogens with zero attached hydrogens (tertiary/aromatic N) is 1. The maximum Gasteiger partial charge on any atom is 0.472 e. The predicted octanol–water partition coefficient (Wildman–Crippen LogP) is 12.0. The number of hydrogen-bond acceptors (Lipinski definition) is 7. The summed E-state index contributed by atoms with van der Waals surface area (Å²) in [5.41, 5.74) is 0. The summed E-state index contributed by atoms with van der Waals surface area (Å²) >= 11 is 0. The monoisotopic (exact) mass is 763 g/mol. The molecule has 310 valence electrons. The molecule has 0 amide bonds. The first-order valence-corrected chi connectivity index (χ1v) is 23.3. The standard InChI is InChI=1S/C42H84NO8P/c1-6-8-10-12-14-16-17-18-19-20-21-22-23-24-25-27-29-31-33-35-42(45)51-40(39-50-52(46,47)49-37-36-43(3,4)5)38-48-41(44)34-32-30-28-26-15-13-11-9-7-2/h40H,6-39H2,1-5H3/p+1/t40-/m1/s1. The zero-order valence-corrected chi connectivity index (χ0v) is 35.7. The van der Waals surface area contributed by atoms with Gasteiger partial charge in [0, 0.05) is 12.8 Å². The average Bonchev–Trinajstić information content (AvgIpc) is 3.09. The highest BCUT2D eigenvalue weighted by Crippen LogP contribution is 2.43. The molecule has 0 aliphatic carbocycles. The van der Waals surface area contributed by atoms with Crippen LogP contribution in [0.15, 0.2) is 0 Å². The van der Waals surface area contributed by atoms with Crippen LogP contribution in [-0.2, 0) is 32.7 Å². The van der Waals surface area contributed by atoms with Crippen LogP contribution in [0.2, 0.25) is 0 Å². The minimum atomic E-state index is -4.36. The van der Waals surface area contributed by atoms with Crippen molar-refractivity contribution in [2.24, 2.45) is 0 Å². The Hall–Kier alpha value is -0.990. The van der Waals surface area contributed by atoms with Gasteiger partial charge in [-0.05, 0) is 12.8 Å². The van der Waals surface area contributed by atoms with Crippen molar-refractivity contribution in [2.75, 3.05) is 47.5 Å². The summed E-state index contributed by atoms with van der Waals surface area (Å²) in [5, 5.41) is 0. The van der Waals surface area contributed by atoms with Crippen LogP contribution in [0, 0.1) is 0 Å². The number of rotatable bonds is 40. The molecule has 52 heavy (non-hydrogen) atoms. The minimum absolute atomic E-state index is 0.0366. The number of unbranched alkanes of at least 4 members (excludes halogenated alkanes) is 26. The predicted molar refractivity (Wildman–Crippen MR) is 215 cm³/mol. The lowest BCUT2D eigenvalue weighted by atomic mass is 10.0. The van der Waals surface area contributed by atoms with E-state index in [1.807, 2.05) is 21.1 Å². The number of phosphoric acid groups is 1. The molecule has 9 nitrogen and oxygen atoms in total. The third kappa shape index (κ3) is 38.7. The van der Waals surface area contributed by atoms with Crippen molar-refractivity contribution in [2.45, 2.75) is 213 Å². The Morgan fingerprint density at radius 1 is 0.519 bits per heavy atom. The van der Waals surface area contributed by atoms with Crippen LogP contribution in [0.5, 0.6) is 0 Å². The first-order chi connectivity index (χ1) is 25.0. The van der Waals surface area contributed by atoms with Crippen molar-refractivity contribution < 1.29 is 42.1 Å². The molecule has 2 atom stereocenters. The van der Waals surface area contributed by atoms with Crippen molar-refractivity contribution in [1.29, 1.82) is 0 Å². The van der Waals surface area contributed by atoms with E-state index < -0.39 is 26.5 Å². The Labute approximate surface area is 321 Å². The molecule has 0 aromatic carbocycles. The van der Waals surface area contributed by atoms with Crippen LogP contribution in [0.25, 0.3) is 0 Å². The molecule has 0 saturated carbocycles. The summed E-state index contributed by atoms with van der Waals surface area (Å²) in [4.78, 5) is 35.2. The fourth-order valence-corrected chi connectivity index (χ4v) is 6.93. The van der Waals surface area contributed by atoms with Crippen molar-refractivity contribution >= 4 is 19.8 Å². The summed E-state index contributed by atoms with van der Waals surface area (Å²) in [6, 6.07) is 0. The molecule has 0 fully saturated rings. The van der Waals surface area contributed by atoms with Gasteiger partial charge in [0.1, 0.15) is 19.8 Å². The van der Waals surface area contributed by atoms with Gasteiger partial charge in [0.15, 0.2) is 6.10 Å². The van der Waals surface area contributed by atoms with E-state index in [4.69, 9.17) is 18.5 Å². The summed E-state index contributed by atoms with van der Waals surface area (Å²) in [6.07, 6.45) is 34.4. The molecular weight excluding hydrogens is 677 g/mol. The van der Waals surface area contributed by atoms with Crippen molar-refractivity contribution in [1.82, 2.24) is 0 Å². The molecule has 10 heteroatoms. The van der Waals surface area contributed by atoms with E-state index in [9.17, 15) is 19.0 Å². The van der Waals surface area contributed by atoms with Gasteiger partial charge in [-0.3, -0.25) is 18.6 Å². The topological polar surface area (TPSA) is 108 Å². The number of phosphoric ester groups is 1. The molecule has 0 radical (unpaired) electrons. The fraction of sp³-hybridized carbons (Fsp3) is 0.952. The summed E-state index contributed by atoms with van der Waals surface area (Å²) in [7, 11) is 1.49. The fourth-order valence-electron chi connectivity index (χ4n) is 6.19. The molecule has 0 aromatic heterocycles. The number of hydrogen-bond donors (Lipinski definition) is 1. The molecule has 0 aliphatic rings. The van der Waals surface area contributed by atoms with E-state index in [0.717, 1.165) is 38.5 Å². The van der Waals surface area contributed by atoms with Gasteiger partial charge in [-0.2, -0.15) is 0 Å². The lowest BCUT2D eigenvalue weighted by molar-refractivity contribution is -0.870. The number of carbonyl (C=O) groups excluding carboxylic acids is 2. The highest BCUT2D eigenvalue weighted by Gasteiger charge is 2.27. The third-order valence-electron chi connectivity index (χ3n) is 9.64. The molecular formula is C42H85NO8P+. The molecule has 0 rings (SSSR count). The lowest BCUT2D eigenvalue weighted by Crippen LogP contribution is -2.37. The van der Waals surface area contributed by atoms with E-state index in [2.05, 4.69) is 13.8 Å². The highest BCUT2D eigenvalue weighted by atomic mass is 31.2. The Morgan fingerprint density at radius 3 is 1.23 bits per heavy atom. The largest absolute Gasteiger partial charge is 0.472 e. The maximum atomic E-state index is 12.7. The number of carbonyl (C=O) groups is 2. The third-order valence-corrected chi connectivity index (χ3v) is 10.6. The minimum Gasteiger partial charge on any atom is -0.462 e. The number of esters is 2. The van der Waals surface area contributed by atoms with E-state index >= 15 is 0 Å². The number of ether oxygens (including phenoxy) is 2. The Balaban J connectivity index is 4.24. The molecule has 1 N–H and O–H groups in total. The molecule has 0 heterocycles. The second-order valence-corrected chi connectivity index (χ2v) is 17.6. The molecule has 0 aliphatic heterocycles. The zero-order chi connectivity index (χ0) is 38.6. The SMILES string of the molecule is CCCCCCCCCCCCCCCCCCCCCC(=O)O[C@H](COC(=O)CCCCCCCCCCC)COP(=O)(O)OCC[N+](C)(C)C. The highest BCUT2D eigenvalue weighted by molar-refractivity contribution is 7.47. The summed E-state index contributed by atoms with van der Waals surface area (Å²) in [6.45, 7) is 4.43. The van der Waals surface area contributed by atoms with Gasteiger partial charge in [-0.25, -0.2) is 4.57 Å². The van der Waals surface area contributed by atoms with E-state index in [0.29, 0.717) is 17.4 Å². The summed E-state index contributed by atoms with van der Waals surface area (Å²) < 4.78 is 34.2. The molecule has 0 aromatic rings. The van der Waals surface area contributed by atoms with Crippen LogP contribution in [0.4, 0.5) is 0 Å². The van der Waals surface area contributed by atoms with E-state index in [1.54, 1.807) is 0 Å². The quantitative estimate of drug-likeness (QED) is 0.0284. The number of likely N-dealkylation sites (N-methyl/N-ethyl adjacent to an activating group) is 1. The van der Waals surface area contributed by atoms with Crippen LogP contribution < -0.4 is 0 Å². The van der Waals surface area contributed by atoms with Gasteiger partial charge in [-0.1, -0.05) is 181 Å². The Morgan fingerprint density at radius 2 is 0.865 bits per heavy atom. The first-order valence-electron chi connectivity index (χ1n) is 21.8. The first kappa shape index (κ1) is 51.0. The van der Waals surface area contributed by atoms with E-state index in [-0.39, 0.29) is 25.6 Å². The van der Waals surface area contributed by atoms with Crippen LogP contribution in [0.3, 0.4) is 0 Å². The normalized spacial score (nSPS) is 13.6. The van der Waals surface area contributed by atoms with Crippen molar-refractivity contribution in [3.63, 3.8) is 0 Å². The van der Waals surface area contributed by atoms with Crippen LogP contribution >= 0.6 is 7.82 Å². The van der Waals surface area contributed by atoms with Gasteiger partial charge in [-0.15, -0.1) is 0 Å². The van der Waals surface area contributed by atoms with Gasteiger partial charge in [0.25, 0.3) is 0 Å². The van der Waals surface area contributed by atoms with Gasteiger partial charge in [0.05, 0.1) is 27.7 Å². The molecule has 0 spiro atoms. The maximum absolute atomic E-state index is 12.7. The lowest BCUT2D eigenvalue weighted by Gasteiger charge is -2.24. The van der Waals surface area contributed by atoms with Crippen molar-refractivity contribution in [3.05, 3.63) is 0 Å². The Bertz CT molecular complexity index is 865. The molecule has 0 saturated heterocycles. The van der Waals surface area contributed by atoms with Gasteiger partial charge in [0.2, 0.25) is 0 Å². The Kier molecular flexibility index (Phi) is 35.0. The average molecular weight is 763 g/mol. The summed E-state index contributed by atoms with van der Waals surface area (Å²) in [5.74, 6) is -0.788. The molecule has 0 bridgehead atoms. The smallest absolute Gasteiger partial charge is 0.462 e. The second-order valence-electron chi connectivity index (χ2n) is 16.1.